The highest BCUT2D eigenvalue weighted by Crippen LogP contribution is 2.08. The lowest BCUT2D eigenvalue weighted by atomic mass is 10.0. The number of amides is 1. The zero-order chi connectivity index (χ0) is 11.0. The zero-order valence-corrected chi connectivity index (χ0v) is 11.1. The van der Waals surface area contributed by atoms with Crippen molar-refractivity contribution < 1.29 is 4.79 Å². The molecule has 1 unspecified atom stereocenters. The first-order chi connectivity index (χ1) is 6.60. The van der Waals surface area contributed by atoms with Crippen molar-refractivity contribution in [1.29, 1.82) is 0 Å². The number of alkyl halides is 1. The predicted octanol–water partition coefficient (Wildman–Crippen LogP) is 2.96. The van der Waals surface area contributed by atoms with Gasteiger partial charge in [-0.05, 0) is 18.3 Å². The van der Waals surface area contributed by atoms with Gasteiger partial charge in [0.2, 0.25) is 5.91 Å². The summed E-state index contributed by atoms with van der Waals surface area (Å²) in [5.41, 5.74) is 0. The quantitative estimate of drug-likeness (QED) is 0.704. The van der Waals surface area contributed by atoms with Gasteiger partial charge < -0.3 is 5.32 Å². The van der Waals surface area contributed by atoms with E-state index in [1.807, 2.05) is 0 Å². The molecule has 1 amide bonds. The normalized spacial score (nSPS) is 12.9. The van der Waals surface area contributed by atoms with Crippen molar-refractivity contribution in [2.45, 2.75) is 40.0 Å². The largest absolute Gasteiger partial charge is 0.356 e. The molecule has 0 aromatic rings. The fraction of sp³-hybridized carbons (Fsp3) is 0.909. The van der Waals surface area contributed by atoms with Gasteiger partial charge in [-0.15, -0.1) is 0 Å². The third-order valence-corrected chi connectivity index (χ3v) is 2.73. The molecule has 0 rings (SSSR count). The Labute approximate surface area is 96.0 Å². The van der Waals surface area contributed by atoms with E-state index < -0.39 is 0 Å². The Morgan fingerprint density at radius 1 is 1.43 bits per heavy atom. The Kier molecular flexibility index (Phi) is 8.24. The van der Waals surface area contributed by atoms with E-state index in [1.165, 1.54) is 0 Å². The van der Waals surface area contributed by atoms with Crippen LogP contribution in [0.5, 0.6) is 0 Å². The van der Waals surface area contributed by atoms with Crippen LogP contribution in [0.3, 0.4) is 0 Å². The standard InChI is InChI=1S/C11H22BrNO/c1-4-10(5-6-12)8-13-11(14)7-9(2)3/h9-10H,4-8H2,1-3H3,(H,13,14). The average molecular weight is 264 g/mol. The molecule has 0 heterocycles. The highest BCUT2D eigenvalue weighted by atomic mass is 79.9. The molecule has 1 N–H and O–H groups in total. The lowest BCUT2D eigenvalue weighted by Gasteiger charge is -2.14. The number of nitrogens with one attached hydrogen (secondary N) is 1. The van der Waals surface area contributed by atoms with Crippen molar-refractivity contribution in [3.05, 3.63) is 0 Å². The molecule has 0 aliphatic heterocycles. The average Bonchev–Trinajstić information content (AvgIpc) is 2.11. The van der Waals surface area contributed by atoms with Crippen molar-refractivity contribution >= 4 is 21.8 Å². The van der Waals surface area contributed by atoms with Gasteiger partial charge in [0.1, 0.15) is 0 Å². The van der Waals surface area contributed by atoms with E-state index in [-0.39, 0.29) is 5.91 Å². The summed E-state index contributed by atoms with van der Waals surface area (Å²) in [5, 5.41) is 4.01. The predicted molar refractivity (Wildman–Crippen MR) is 64.7 cm³/mol. The van der Waals surface area contributed by atoms with Crippen LogP contribution in [-0.2, 0) is 4.79 Å². The summed E-state index contributed by atoms with van der Waals surface area (Å²) in [6, 6.07) is 0. The molecule has 0 aliphatic carbocycles. The van der Waals surface area contributed by atoms with Gasteiger partial charge in [-0.1, -0.05) is 43.1 Å². The first-order valence-electron chi connectivity index (χ1n) is 5.42. The molecule has 0 aromatic heterocycles. The summed E-state index contributed by atoms with van der Waals surface area (Å²) in [5.74, 6) is 1.25. The molecule has 1 atom stereocenters. The highest BCUT2D eigenvalue weighted by molar-refractivity contribution is 9.09. The van der Waals surface area contributed by atoms with E-state index in [9.17, 15) is 4.79 Å². The molecule has 0 aliphatic rings. The molecule has 0 saturated heterocycles. The van der Waals surface area contributed by atoms with Gasteiger partial charge in [-0.2, -0.15) is 0 Å². The number of hydrogen-bond acceptors (Lipinski definition) is 1. The lowest BCUT2D eigenvalue weighted by Crippen LogP contribution is -2.30. The Morgan fingerprint density at radius 2 is 2.07 bits per heavy atom. The van der Waals surface area contributed by atoms with Crippen molar-refractivity contribution in [3.8, 4) is 0 Å². The van der Waals surface area contributed by atoms with E-state index in [1.54, 1.807) is 0 Å². The summed E-state index contributed by atoms with van der Waals surface area (Å²) < 4.78 is 0. The van der Waals surface area contributed by atoms with Crippen LogP contribution in [0.25, 0.3) is 0 Å². The van der Waals surface area contributed by atoms with Crippen molar-refractivity contribution in [3.63, 3.8) is 0 Å². The van der Waals surface area contributed by atoms with Crippen molar-refractivity contribution in [2.24, 2.45) is 11.8 Å². The van der Waals surface area contributed by atoms with Gasteiger partial charge in [0.15, 0.2) is 0 Å². The van der Waals surface area contributed by atoms with E-state index in [0.717, 1.165) is 24.7 Å². The molecular formula is C11H22BrNO. The summed E-state index contributed by atoms with van der Waals surface area (Å²) in [6.45, 7) is 7.13. The molecule has 0 aromatic carbocycles. The maximum absolute atomic E-state index is 11.4. The second-order valence-electron chi connectivity index (χ2n) is 4.15. The molecule has 84 valence electrons. The van der Waals surface area contributed by atoms with Crippen molar-refractivity contribution in [1.82, 2.24) is 5.32 Å². The monoisotopic (exact) mass is 263 g/mol. The van der Waals surface area contributed by atoms with Crippen LogP contribution in [0.1, 0.15) is 40.0 Å². The van der Waals surface area contributed by atoms with Gasteiger partial charge >= 0.3 is 0 Å². The van der Waals surface area contributed by atoms with E-state index in [4.69, 9.17) is 0 Å². The second-order valence-corrected chi connectivity index (χ2v) is 4.95. The number of hydrogen-bond donors (Lipinski definition) is 1. The van der Waals surface area contributed by atoms with Gasteiger partial charge in [0.05, 0.1) is 0 Å². The van der Waals surface area contributed by atoms with E-state index in [0.29, 0.717) is 18.3 Å². The van der Waals surface area contributed by atoms with Gasteiger partial charge in [0.25, 0.3) is 0 Å². The molecule has 0 radical (unpaired) electrons. The number of carbonyl (C=O) groups is 1. The Morgan fingerprint density at radius 3 is 2.50 bits per heavy atom. The highest BCUT2D eigenvalue weighted by Gasteiger charge is 2.08. The maximum atomic E-state index is 11.4. The molecule has 0 spiro atoms. The van der Waals surface area contributed by atoms with Crippen molar-refractivity contribution in [2.75, 3.05) is 11.9 Å². The smallest absolute Gasteiger partial charge is 0.220 e. The number of halogens is 1. The SMILES string of the molecule is CCC(CCBr)CNC(=O)CC(C)C. The minimum atomic E-state index is 0.188. The van der Waals surface area contributed by atoms with Crippen LogP contribution in [0.15, 0.2) is 0 Å². The maximum Gasteiger partial charge on any atom is 0.220 e. The fourth-order valence-corrected chi connectivity index (χ4v) is 1.95. The molecule has 0 bridgehead atoms. The van der Waals surface area contributed by atoms with Gasteiger partial charge in [-0.3, -0.25) is 4.79 Å². The summed E-state index contributed by atoms with van der Waals surface area (Å²) in [6.07, 6.45) is 2.91. The molecular weight excluding hydrogens is 242 g/mol. The van der Waals surface area contributed by atoms with Crippen LogP contribution < -0.4 is 5.32 Å². The Balaban J connectivity index is 3.62. The fourth-order valence-electron chi connectivity index (χ4n) is 1.31. The summed E-state index contributed by atoms with van der Waals surface area (Å²) in [4.78, 5) is 11.4. The summed E-state index contributed by atoms with van der Waals surface area (Å²) >= 11 is 3.43. The number of rotatable bonds is 7. The molecule has 0 saturated carbocycles. The van der Waals surface area contributed by atoms with Crippen LogP contribution in [0.2, 0.25) is 0 Å². The molecule has 2 nitrogen and oxygen atoms in total. The van der Waals surface area contributed by atoms with Gasteiger partial charge in [-0.25, -0.2) is 0 Å². The number of carbonyl (C=O) groups excluding carboxylic acids is 1. The summed E-state index contributed by atoms with van der Waals surface area (Å²) in [7, 11) is 0. The van der Waals surface area contributed by atoms with Crippen LogP contribution in [-0.4, -0.2) is 17.8 Å². The minimum absolute atomic E-state index is 0.188. The zero-order valence-electron chi connectivity index (χ0n) is 9.48. The van der Waals surface area contributed by atoms with Crippen LogP contribution >= 0.6 is 15.9 Å². The molecule has 0 fully saturated rings. The third-order valence-electron chi connectivity index (χ3n) is 2.28. The Hall–Kier alpha value is -0.0500. The minimum Gasteiger partial charge on any atom is -0.356 e. The molecule has 14 heavy (non-hydrogen) atoms. The second kappa shape index (κ2) is 8.27. The van der Waals surface area contributed by atoms with E-state index in [2.05, 4.69) is 42.0 Å². The first kappa shape index (κ1) is 13.9. The van der Waals surface area contributed by atoms with Gasteiger partial charge in [0, 0.05) is 18.3 Å². The molecule has 3 heteroatoms. The Bertz CT molecular complexity index is 159. The first-order valence-corrected chi connectivity index (χ1v) is 6.54. The van der Waals surface area contributed by atoms with E-state index >= 15 is 0 Å². The third kappa shape index (κ3) is 7.36. The van der Waals surface area contributed by atoms with Crippen LogP contribution in [0.4, 0.5) is 0 Å². The lowest BCUT2D eigenvalue weighted by molar-refractivity contribution is -0.121. The van der Waals surface area contributed by atoms with Crippen LogP contribution in [0, 0.1) is 11.8 Å². The topological polar surface area (TPSA) is 29.1 Å².